The summed E-state index contributed by atoms with van der Waals surface area (Å²) in [5.41, 5.74) is 1.27. The molecule has 112 valence electrons. The van der Waals surface area contributed by atoms with E-state index in [1.807, 2.05) is 6.07 Å². The number of rotatable bonds is 4. The average Bonchev–Trinajstić information content (AvgIpc) is 2.31. The van der Waals surface area contributed by atoms with Crippen LogP contribution in [0.25, 0.3) is 0 Å². The molecule has 0 aromatic heterocycles. The molecule has 5 nitrogen and oxygen atoms in total. The van der Waals surface area contributed by atoms with Crippen LogP contribution in [0.1, 0.15) is 19.8 Å². The van der Waals surface area contributed by atoms with Crippen molar-refractivity contribution in [2.45, 2.75) is 31.9 Å². The fraction of sp³-hybridized carbons (Fsp3) is 0.538. The van der Waals surface area contributed by atoms with E-state index in [0.29, 0.717) is 16.8 Å². The molecular formula is C13H19ClN2O3S. The predicted molar refractivity (Wildman–Crippen MR) is 82.0 cm³/mol. The molecule has 0 saturated carbocycles. The predicted octanol–water partition coefficient (Wildman–Crippen LogP) is 2.69. The number of halogens is 1. The second kappa shape index (κ2) is 6.20. The molecule has 0 amide bonds. The van der Waals surface area contributed by atoms with Gasteiger partial charge >= 0.3 is 0 Å². The highest BCUT2D eigenvalue weighted by Gasteiger charge is 2.19. The van der Waals surface area contributed by atoms with Gasteiger partial charge in [-0.3, -0.25) is 4.72 Å². The first-order chi connectivity index (χ1) is 9.33. The Bertz CT molecular complexity index is 577. The van der Waals surface area contributed by atoms with Gasteiger partial charge in [0.1, 0.15) is 0 Å². The summed E-state index contributed by atoms with van der Waals surface area (Å²) in [4.78, 5) is 0. The van der Waals surface area contributed by atoms with Crippen molar-refractivity contribution in [1.29, 1.82) is 0 Å². The topological polar surface area (TPSA) is 67.4 Å². The molecule has 1 aromatic carbocycles. The summed E-state index contributed by atoms with van der Waals surface area (Å²) in [7, 11) is -3.32. The van der Waals surface area contributed by atoms with Gasteiger partial charge in [-0.05, 0) is 38.0 Å². The van der Waals surface area contributed by atoms with Gasteiger partial charge in [-0.1, -0.05) is 11.6 Å². The lowest BCUT2D eigenvalue weighted by atomic mass is 10.0. The van der Waals surface area contributed by atoms with E-state index < -0.39 is 10.0 Å². The molecule has 1 heterocycles. The minimum atomic E-state index is -3.32. The van der Waals surface area contributed by atoms with E-state index in [-0.39, 0.29) is 6.10 Å². The summed E-state index contributed by atoms with van der Waals surface area (Å²) < 4.78 is 30.3. The van der Waals surface area contributed by atoms with Gasteiger partial charge in [0.15, 0.2) is 0 Å². The maximum absolute atomic E-state index is 11.2. The lowest BCUT2D eigenvalue weighted by Crippen LogP contribution is -2.32. The molecule has 1 aliphatic heterocycles. The number of benzene rings is 1. The Hall–Kier alpha value is -0.980. The van der Waals surface area contributed by atoms with E-state index in [0.717, 1.165) is 31.4 Å². The Morgan fingerprint density at radius 3 is 2.75 bits per heavy atom. The molecule has 0 spiro atoms. The van der Waals surface area contributed by atoms with Gasteiger partial charge in [0, 0.05) is 18.3 Å². The highest BCUT2D eigenvalue weighted by atomic mass is 35.5. The Morgan fingerprint density at radius 1 is 1.40 bits per heavy atom. The number of nitrogens with one attached hydrogen (secondary N) is 2. The van der Waals surface area contributed by atoms with E-state index in [9.17, 15) is 8.42 Å². The Balaban J connectivity index is 2.05. The van der Waals surface area contributed by atoms with Crippen LogP contribution in [0.5, 0.6) is 0 Å². The smallest absolute Gasteiger partial charge is 0.229 e. The average molecular weight is 319 g/mol. The van der Waals surface area contributed by atoms with Crippen molar-refractivity contribution < 1.29 is 13.2 Å². The highest BCUT2D eigenvalue weighted by molar-refractivity contribution is 7.92. The quantitative estimate of drug-likeness (QED) is 0.895. The fourth-order valence-corrected chi connectivity index (χ4v) is 3.11. The minimum Gasteiger partial charge on any atom is -0.382 e. The number of ether oxygens (including phenoxy) is 1. The van der Waals surface area contributed by atoms with Crippen LogP contribution in [-0.4, -0.2) is 33.4 Å². The highest BCUT2D eigenvalue weighted by Crippen LogP contribution is 2.27. The van der Waals surface area contributed by atoms with Crippen molar-refractivity contribution in [2.24, 2.45) is 0 Å². The summed E-state index contributed by atoms with van der Waals surface area (Å²) in [5.74, 6) is 0. The molecule has 2 N–H and O–H groups in total. The van der Waals surface area contributed by atoms with Gasteiger partial charge in [0.2, 0.25) is 10.0 Å². The van der Waals surface area contributed by atoms with Crippen molar-refractivity contribution in [3.05, 3.63) is 23.2 Å². The zero-order chi connectivity index (χ0) is 14.8. The third kappa shape index (κ3) is 4.54. The van der Waals surface area contributed by atoms with Crippen LogP contribution in [-0.2, 0) is 14.8 Å². The maximum atomic E-state index is 11.2. The summed E-state index contributed by atoms with van der Waals surface area (Å²) >= 11 is 6.09. The van der Waals surface area contributed by atoms with Crippen LogP contribution in [0.4, 0.5) is 11.4 Å². The molecule has 7 heteroatoms. The standard InChI is InChI=1S/C13H19ClN2O3S/c1-9-7-11(5-6-19-9)15-10-3-4-13(12(14)8-10)16-20(2,17)18/h3-4,8-9,11,15-16H,5-7H2,1-2H3. The van der Waals surface area contributed by atoms with E-state index >= 15 is 0 Å². The molecular weight excluding hydrogens is 300 g/mol. The molecule has 20 heavy (non-hydrogen) atoms. The normalized spacial score (nSPS) is 23.4. The van der Waals surface area contributed by atoms with Crippen molar-refractivity contribution in [1.82, 2.24) is 0 Å². The van der Waals surface area contributed by atoms with Crippen LogP contribution in [0.2, 0.25) is 5.02 Å². The molecule has 2 rings (SSSR count). The van der Waals surface area contributed by atoms with Gasteiger partial charge in [0.05, 0.1) is 23.1 Å². The molecule has 1 saturated heterocycles. The van der Waals surface area contributed by atoms with Crippen LogP contribution in [0.3, 0.4) is 0 Å². The first-order valence-corrected chi connectivity index (χ1v) is 8.76. The van der Waals surface area contributed by atoms with E-state index in [1.54, 1.807) is 12.1 Å². The van der Waals surface area contributed by atoms with E-state index in [1.165, 1.54) is 0 Å². The minimum absolute atomic E-state index is 0.253. The molecule has 0 aliphatic carbocycles. The second-order valence-electron chi connectivity index (χ2n) is 5.12. The molecule has 1 aromatic rings. The van der Waals surface area contributed by atoms with Crippen LogP contribution in [0.15, 0.2) is 18.2 Å². The zero-order valence-corrected chi connectivity index (χ0v) is 13.1. The Morgan fingerprint density at radius 2 is 2.15 bits per heavy atom. The molecule has 1 fully saturated rings. The van der Waals surface area contributed by atoms with Crippen LogP contribution in [0, 0.1) is 0 Å². The number of hydrogen-bond acceptors (Lipinski definition) is 4. The van der Waals surface area contributed by atoms with Crippen molar-refractivity contribution in [2.75, 3.05) is 22.9 Å². The molecule has 0 bridgehead atoms. The first-order valence-electron chi connectivity index (χ1n) is 6.49. The number of hydrogen-bond donors (Lipinski definition) is 2. The Kier molecular flexibility index (Phi) is 4.78. The lowest BCUT2D eigenvalue weighted by Gasteiger charge is -2.28. The maximum Gasteiger partial charge on any atom is 0.229 e. The zero-order valence-electron chi connectivity index (χ0n) is 11.5. The van der Waals surface area contributed by atoms with E-state index in [4.69, 9.17) is 16.3 Å². The lowest BCUT2D eigenvalue weighted by molar-refractivity contribution is 0.0232. The third-order valence-electron chi connectivity index (χ3n) is 3.12. The third-order valence-corrected chi connectivity index (χ3v) is 4.02. The van der Waals surface area contributed by atoms with E-state index in [2.05, 4.69) is 17.0 Å². The molecule has 2 unspecified atom stereocenters. The van der Waals surface area contributed by atoms with Crippen LogP contribution < -0.4 is 10.0 Å². The van der Waals surface area contributed by atoms with Gasteiger partial charge in [-0.15, -0.1) is 0 Å². The summed E-state index contributed by atoms with van der Waals surface area (Å²) in [6, 6.07) is 5.56. The summed E-state index contributed by atoms with van der Waals surface area (Å²) in [6.07, 6.45) is 3.24. The SMILES string of the molecule is CC1CC(Nc2ccc(NS(C)(=O)=O)c(Cl)c2)CCO1. The van der Waals surface area contributed by atoms with Gasteiger partial charge in [0.25, 0.3) is 0 Å². The first kappa shape index (κ1) is 15.4. The van der Waals surface area contributed by atoms with Crippen molar-refractivity contribution in [3.8, 4) is 0 Å². The van der Waals surface area contributed by atoms with Crippen LogP contribution >= 0.6 is 11.6 Å². The number of sulfonamides is 1. The van der Waals surface area contributed by atoms with Crippen molar-refractivity contribution >= 4 is 33.0 Å². The Labute approximate surface area is 124 Å². The summed E-state index contributed by atoms with van der Waals surface area (Å²) in [5, 5.41) is 3.78. The molecule has 1 aliphatic rings. The largest absolute Gasteiger partial charge is 0.382 e. The van der Waals surface area contributed by atoms with Gasteiger partial charge < -0.3 is 10.1 Å². The fourth-order valence-electron chi connectivity index (χ4n) is 2.25. The monoisotopic (exact) mass is 318 g/mol. The summed E-state index contributed by atoms with van der Waals surface area (Å²) in [6.45, 7) is 2.81. The number of anilines is 2. The second-order valence-corrected chi connectivity index (χ2v) is 7.27. The van der Waals surface area contributed by atoms with Gasteiger partial charge in [-0.25, -0.2) is 8.42 Å². The van der Waals surface area contributed by atoms with Gasteiger partial charge in [-0.2, -0.15) is 0 Å². The molecule has 2 atom stereocenters. The van der Waals surface area contributed by atoms with Crippen molar-refractivity contribution in [3.63, 3.8) is 0 Å². The molecule has 0 radical (unpaired) electrons.